The number of carbonyl (C=O) groups excluding carboxylic acids is 3. The summed E-state index contributed by atoms with van der Waals surface area (Å²) in [5, 5.41) is 13.1. The van der Waals surface area contributed by atoms with Crippen molar-refractivity contribution in [1.82, 2.24) is 10.6 Å². The molecule has 1 aliphatic rings. The zero-order chi connectivity index (χ0) is 15.7. The van der Waals surface area contributed by atoms with E-state index >= 15 is 0 Å². The molecule has 0 saturated carbocycles. The quantitative estimate of drug-likeness (QED) is 0.542. The van der Waals surface area contributed by atoms with E-state index in [4.69, 9.17) is 5.11 Å². The lowest BCUT2D eigenvalue weighted by Crippen LogP contribution is -2.52. The zero-order valence-corrected chi connectivity index (χ0v) is 10.4. The Morgan fingerprint density at radius 1 is 1.29 bits per heavy atom. The molecule has 21 heavy (non-hydrogen) atoms. The summed E-state index contributed by atoms with van der Waals surface area (Å²) in [5.74, 6) is -9.19. The fourth-order valence-electron chi connectivity index (χ4n) is 1.82. The van der Waals surface area contributed by atoms with E-state index in [0.29, 0.717) is 0 Å². The Morgan fingerprint density at radius 3 is 2.57 bits per heavy atom. The second-order valence-corrected chi connectivity index (χ2v) is 4.36. The lowest BCUT2D eigenvalue weighted by molar-refractivity contribution is -0.134. The van der Waals surface area contributed by atoms with Gasteiger partial charge < -0.3 is 10.4 Å². The summed E-state index contributed by atoms with van der Waals surface area (Å²) in [4.78, 5) is 34.1. The van der Waals surface area contributed by atoms with E-state index in [1.54, 1.807) is 0 Å². The average Bonchev–Trinajstić information content (AvgIpc) is 2.43. The lowest BCUT2D eigenvalue weighted by Gasteiger charge is -2.21. The van der Waals surface area contributed by atoms with Crippen LogP contribution >= 0.6 is 0 Å². The summed E-state index contributed by atoms with van der Waals surface area (Å²) in [6.45, 7) is 0. The first-order chi connectivity index (χ1) is 9.81. The Hall–Kier alpha value is -2.58. The summed E-state index contributed by atoms with van der Waals surface area (Å²) >= 11 is 0. The largest absolute Gasteiger partial charge is 0.503 e. The number of hydrogen-bond acceptors (Lipinski definition) is 4. The third-order valence-corrected chi connectivity index (χ3v) is 2.92. The molecular weight excluding hydrogens is 293 g/mol. The number of piperidine rings is 1. The Labute approximate surface area is 115 Å². The van der Waals surface area contributed by atoms with E-state index < -0.39 is 52.5 Å². The number of phenolic OH excluding ortho intramolecular Hbond substituents is 1. The molecular formula is C12H9F3N2O4. The predicted molar refractivity (Wildman–Crippen MR) is 61.6 cm³/mol. The van der Waals surface area contributed by atoms with Crippen LogP contribution in [0.25, 0.3) is 0 Å². The van der Waals surface area contributed by atoms with E-state index in [-0.39, 0.29) is 18.9 Å². The maximum Gasteiger partial charge on any atom is 0.255 e. The number of benzene rings is 1. The first-order valence-electron chi connectivity index (χ1n) is 5.82. The summed E-state index contributed by atoms with van der Waals surface area (Å²) in [6.07, 6.45) is -0.0319. The molecule has 1 aromatic rings. The van der Waals surface area contributed by atoms with Crippen molar-refractivity contribution in [2.45, 2.75) is 18.9 Å². The van der Waals surface area contributed by atoms with Gasteiger partial charge >= 0.3 is 0 Å². The SMILES string of the molecule is O=C1CCC(NC(=O)c2cc(F)c(F)c(O)c2F)C(=O)N1. The van der Waals surface area contributed by atoms with Crippen LogP contribution < -0.4 is 10.6 Å². The van der Waals surface area contributed by atoms with Gasteiger partial charge in [0, 0.05) is 6.42 Å². The van der Waals surface area contributed by atoms with Gasteiger partial charge in [0.15, 0.2) is 17.4 Å². The Bertz CT molecular complexity index is 648. The summed E-state index contributed by atoms with van der Waals surface area (Å²) < 4.78 is 39.5. The first kappa shape index (κ1) is 14.8. The molecule has 0 aliphatic carbocycles. The van der Waals surface area contributed by atoms with Gasteiger partial charge in [0.2, 0.25) is 17.6 Å². The van der Waals surface area contributed by atoms with Gasteiger partial charge in [0.1, 0.15) is 6.04 Å². The third kappa shape index (κ3) is 2.81. The molecule has 9 heteroatoms. The Balaban J connectivity index is 2.22. The number of amides is 3. The topological polar surface area (TPSA) is 95.5 Å². The lowest BCUT2D eigenvalue weighted by atomic mass is 10.1. The van der Waals surface area contributed by atoms with Crippen molar-refractivity contribution in [1.29, 1.82) is 0 Å². The maximum atomic E-state index is 13.5. The van der Waals surface area contributed by atoms with Crippen molar-refractivity contribution in [3.8, 4) is 5.75 Å². The second-order valence-electron chi connectivity index (χ2n) is 4.36. The fraction of sp³-hybridized carbons (Fsp3) is 0.250. The number of carbonyl (C=O) groups is 3. The van der Waals surface area contributed by atoms with E-state index in [1.807, 2.05) is 5.32 Å². The van der Waals surface area contributed by atoms with Crippen LogP contribution in [0.5, 0.6) is 5.75 Å². The van der Waals surface area contributed by atoms with Crippen molar-refractivity contribution in [3.63, 3.8) is 0 Å². The van der Waals surface area contributed by atoms with Crippen molar-refractivity contribution >= 4 is 17.7 Å². The van der Waals surface area contributed by atoms with Crippen LogP contribution in [0.2, 0.25) is 0 Å². The molecule has 1 saturated heterocycles. The van der Waals surface area contributed by atoms with Crippen LogP contribution in [0.1, 0.15) is 23.2 Å². The molecule has 112 valence electrons. The number of halogens is 3. The van der Waals surface area contributed by atoms with Crippen LogP contribution in [0.4, 0.5) is 13.2 Å². The molecule has 1 aliphatic heterocycles. The highest BCUT2D eigenvalue weighted by Gasteiger charge is 2.30. The average molecular weight is 302 g/mol. The van der Waals surface area contributed by atoms with E-state index in [0.717, 1.165) is 0 Å². The van der Waals surface area contributed by atoms with Crippen LogP contribution in [-0.2, 0) is 9.59 Å². The maximum absolute atomic E-state index is 13.5. The second kappa shape index (κ2) is 5.43. The van der Waals surface area contributed by atoms with E-state index in [1.165, 1.54) is 0 Å². The van der Waals surface area contributed by atoms with Crippen molar-refractivity contribution < 1.29 is 32.7 Å². The van der Waals surface area contributed by atoms with E-state index in [9.17, 15) is 27.6 Å². The number of imide groups is 1. The van der Waals surface area contributed by atoms with Gasteiger partial charge in [-0.1, -0.05) is 0 Å². The number of hydrogen-bond donors (Lipinski definition) is 3. The van der Waals surface area contributed by atoms with Gasteiger partial charge in [-0.15, -0.1) is 0 Å². The van der Waals surface area contributed by atoms with E-state index in [2.05, 4.69) is 5.32 Å². The molecule has 2 rings (SSSR count). The molecule has 1 atom stereocenters. The molecule has 3 N–H and O–H groups in total. The predicted octanol–water partition coefficient (Wildman–Crippen LogP) is 0.345. The number of aromatic hydroxyl groups is 1. The Morgan fingerprint density at radius 2 is 1.95 bits per heavy atom. The van der Waals surface area contributed by atoms with Crippen LogP contribution in [-0.4, -0.2) is 28.9 Å². The van der Waals surface area contributed by atoms with Gasteiger partial charge in [-0.05, 0) is 12.5 Å². The highest BCUT2D eigenvalue weighted by Crippen LogP contribution is 2.25. The zero-order valence-electron chi connectivity index (χ0n) is 10.4. The molecule has 0 bridgehead atoms. The minimum absolute atomic E-state index is 0.00627. The van der Waals surface area contributed by atoms with Gasteiger partial charge in [-0.3, -0.25) is 19.7 Å². The minimum Gasteiger partial charge on any atom is -0.503 e. The van der Waals surface area contributed by atoms with Gasteiger partial charge in [0.25, 0.3) is 5.91 Å². The molecule has 0 aromatic heterocycles. The molecule has 1 heterocycles. The van der Waals surface area contributed by atoms with Crippen molar-refractivity contribution in [2.75, 3.05) is 0 Å². The van der Waals surface area contributed by atoms with Crippen molar-refractivity contribution in [3.05, 3.63) is 29.1 Å². The van der Waals surface area contributed by atoms with Gasteiger partial charge in [0.05, 0.1) is 5.56 Å². The number of phenols is 1. The monoisotopic (exact) mass is 302 g/mol. The normalized spacial score (nSPS) is 18.3. The number of rotatable bonds is 2. The fourth-order valence-corrected chi connectivity index (χ4v) is 1.82. The molecule has 1 fully saturated rings. The van der Waals surface area contributed by atoms with Gasteiger partial charge in [-0.25, -0.2) is 8.78 Å². The minimum atomic E-state index is -1.81. The Kier molecular flexibility index (Phi) is 3.83. The highest BCUT2D eigenvalue weighted by atomic mass is 19.2. The van der Waals surface area contributed by atoms with Crippen LogP contribution in [0, 0.1) is 17.5 Å². The number of nitrogens with one attached hydrogen (secondary N) is 2. The molecule has 0 radical (unpaired) electrons. The molecule has 0 spiro atoms. The summed E-state index contributed by atoms with van der Waals surface area (Å²) in [5.41, 5.74) is -0.948. The van der Waals surface area contributed by atoms with Crippen LogP contribution in [0.3, 0.4) is 0 Å². The summed E-state index contributed by atoms with van der Waals surface area (Å²) in [6, 6.07) is -0.837. The van der Waals surface area contributed by atoms with Crippen LogP contribution in [0.15, 0.2) is 6.07 Å². The first-order valence-corrected chi connectivity index (χ1v) is 5.82. The third-order valence-electron chi connectivity index (χ3n) is 2.92. The molecule has 1 unspecified atom stereocenters. The van der Waals surface area contributed by atoms with Gasteiger partial charge in [-0.2, -0.15) is 4.39 Å². The standard InChI is InChI=1S/C12H9F3N2O4/c13-5-3-4(8(14)10(19)9(5)15)11(20)16-6-1-2-7(18)17-12(6)21/h3,6,19H,1-2H2,(H,16,20)(H,17,18,21). The van der Waals surface area contributed by atoms with Crippen molar-refractivity contribution in [2.24, 2.45) is 0 Å². The highest BCUT2D eigenvalue weighted by molar-refractivity contribution is 6.03. The summed E-state index contributed by atoms with van der Waals surface area (Å²) in [7, 11) is 0. The molecule has 6 nitrogen and oxygen atoms in total. The molecule has 3 amide bonds. The smallest absolute Gasteiger partial charge is 0.255 e. The molecule has 1 aromatic carbocycles.